The van der Waals surface area contributed by atoms with E-state index in [0.717, 1.165) is 12.8 Å². The second kappa shape index (κ2) is 5.50. The number of amides is 2. The predicted octanol–water partition coefficient (Wildman–Crippen LogP) is 0.452. The molecule has 1 aliphatic rings. The van der Waals surface area contributed by atoms with E-state index in [9.17, 15) is 9.59 Å². The number of nitriles is 1. The Labute approximate surface area is 95.0 Å². The molecule has 88 valence electrons. The number of nitrogens with two attached hydrogens (primary N) is 1. The molecular weight excluding hydrogens is 206 g/mol. The minimum atomic E-state index is -0.827. The summed E-state index contributed by atoms with van der Waals surface area (Å²) in [4.78, 5) is 22.3. The lowest BCUT2D eigenvalue weighted by atomic mass is 9.87. The van der Waals surface area contributed by atoms with Crippen LogP contribution in [-0.2, 0) is 9.59 Å². The summed E-state index contributed by atoms with van der Waals surface area (Å²) < 4.78 is 0. The largest absolute Gasteiger partial charge is 0.370 e. The number of carbonyl (C=O) groups is 2. The quantitative estimate of drug-likeness (QED) is 0.662. The molecule has 0 saturated heterocycles. The maximum atomic E-state index is 11.8. The van der Waals surface area contributed by atoms with E-state index in [1.165, 1.54) is 0 Å². The molecule has 16 heavy (non-hydrogen) atoms. The lowest BCUT2D eigenvalue weighted by molar-refractivity contribution is -0.128. The fourth-order valence-corrected chi connectivity index (χ4v) is 2.00. The van der Waals surface area contributed by atoms with Crippen LogP contribution >= 0.6 is 0 Å². The number of rotatable bonds is 5. The van der Waals surface area contributed by atoms with Gasteiger partial charge >= 0.3 is 0 Å². The summed E-state index contributed by atoms with van der Waals surface area (Å²) >= 11 is 0. The van der Waals surface area contributed by atoms with Gasteiger partial charge in [0.25, 0.3) is 0 Å². The Morgan fingerprint density at radius 3 is 2.50 bits per heavy atom. The zero-order chi connectivity index (χ0) is 12.0. The normalized spacial score (nSPS) is 17.7. The van der Waals surface area contributed by atoms with Crippen molar-refractivity contribution in [2.45, 2.75) is 38.5 Å². The van der Waals surface area contributed by atoms with Crippen molar-refractivity contribution in [3.05, 3.63) is 0 Å². The van der Waals surface area contributed by atoms with Crippen LogP contribution in [-0.4, -0.2) is 18.4 Å². The van der Waals surface area contributed by atoms with Crippen LogP contribution in [0.5, 0.6) is 0 Å². The summed E-state index contributed by atoms with van der Waals surface area (Å²) in [6.07, 6.45) is 3.95. The molecule has 3 N–H and O–H groups in total. The van der Waals surface area contributed by atoms with E-state index in [4.69, 9.17) is 11.0 Å². The molecular formula is C11H17N3O2. The molecule has 0 bridgehead atoms. The third kappa shape index (κ3) is 2.96. The molecule has 0 radical (unpaired) electrons. The van der Waals surface area contributed by atoms with Crippen molar-refractivity contribution in [2.24, 2.45) is 11.1 Å². The van der Waals surface area contributed by atoms with E-state index in [2.05, 4.69) is 11.4 Å². The Kier molecular flexibility index (Phi) is 4.29. The van der Waals surface area contributed by atoms with Crippen molar-refractivity contribution in [2.75, 3.05) is 6.54 Å². The number of carbonyl (C=O) groups excluding carboxylic acids is 2. The molecule has 0 aromatic carbocycles. The lowest BCUT2D eigenvalue weighted by Gasteiger charge is -2.18. The minimum absolute atomic E-state index is 0.197. The molecule has 0 aromatic heterocycles. The first-order valence-electron chi connectivity index (χ1n) is 5.58. The molecule has 5 nitrogen and oxygen atoms in total. The minimum Gasteiger partial charge on any atom is -0.370 e. The van der Waals surface area contributed by atoms with E-state index in [-0.39, 0.29) is 18.2 Å². The Morgan fingerprint density at radius 2 is 2.00 bits per heavy atom. The molecule has 0 heterocycles. The summed E-state index contributed by atoms with van der Waals surface area (Å²) in [6, 6.07) is 2.12. The zero-order valence-corrected chi connectivity index (χ0v) is 9.29. The number of nitrogens with zero attached hydrogens (tertiary/aromatic N) is 1. The van der Waals surface area contributed by atoms with Gasteiger partial charge in [-0.15, -0.1) is 0 Å². The topological polar surface area (TPSA) is 96.0 Å². The summed E-state index contributed by atoms with van der Waals surface area (Å²) in [6.45, 7) is 0.408. The maximum absolute atomic E-state index is 11.8. The standard InChI is InChI=1S/C11H17N3O2/c12-8-11(5-1-2-6-11)10(16)14-7-3-4-9(13)15/h1-7H2,(H2,13,15)(H,14,16). The van der Waals surface area contributed by atoms with Crippen LogP contribution in [0.1, 0.15) is 38.5 Å². The average Bonchev–Trinajstić information content (AvgIpc) is 2.73. The first-order valence-corrected chi connectivity index (χ1v) is 5.58. The molecule has 0 aromatic rings. The van der Waals surface area contributed by atoms with Gasteiger partial charge in [-0.05, 0) is 19.3 Å². The van der Waals surface area contributed by atoms with Crippen LogP contribution in [0.3, 0.4) is 0 Å². The molecule has 1 aliphatic carbocycles. The molecule has 1 saturated carbocycles. The van der Waals surface area contributed by atoms with Crippen molar-refractivity contribution < 1.29 is 9.59 Å². The van der Waals surface area contributed by atoms with E-state index in [1.54, 1.807) is 0 Å². The molecule has 0 atom stereocenters. The highest BCUT2D eigenvalue weighted by atomic mass is 16.2. The van der Waals surface area contributed by atoms with Crippen molar-refractivity contribution in [1.82, 2.24) is 5.32 Å². The Morgan fingerprint density at radius 1 is 1.38 bits per heavy atom. The summed E-state index contributed by atoms with van der Waals surface area (Å²) in [5, 5.41) is 11.7. The number of primary amides is 1. The lowest BCUT2D eigenvalue weighted by Crippen LogP contribution is -2.38. The van der Waals surface area contributed by atoms with Crippen molar-refractivity contribution in [3.8, 4) is 6.07 Å². The first kappa shape index (κ1) is 12.5. The van der Waals surface area contributed by atoms with Crippen LogP contribution < -0.4 is 11.1 Å². The summed E-state index contributed by atoms with van der Waals surface area (Å²) in [7, 11) is 0. The molecule has 1 rings (SSSR count). The fourth-order valence-electron chi connectivity index (χ4n) is 2.00. The first-order chi connectivity index (χ1) is 7.60. The van der Waals surface area contributed by atoms with Crippen LogP contribution in [0.25, 0.3) is 0 Å². The summed E-state index contributed by atoms with van der Waals surface area (Å²) in [5.74, 6) is -0.568. The van der Waals surface area contributed by atoms with Gasteiger partial charge in [-0.2, -0.15) is 5.26 Å². The Bertz CT molecular complexity index is 314. The third-order valence-electron chi connectivity index (χ3n) is 2.99. The van der Waals surface area contributed by atoms with Gasteiger partial charge in [0, 0.05) is 13.0 Å². The second-order valence-corrected chi connectivity index (χ2v) is 4.23. The van der Waals surface area contributed by atoms with Gasteiger partial charge in [-0.3, -0.25) is 9.59 Å². The van der Waals surface area contributed by atoms with Crippen LogP contribution in [0, 0.1) is 16.7 Å². The molecule has 2 amide bonds. The Hall–Kier alpha value is -1.57. The third-order valence-corrected chi connectivity index (χ3v) is 2.99. The summed E-state index contributed by atoms with van der Waals surface area (Å²) in [5.41, 5.74) is 4.15. The van der Waals surface area contributed by atoms with Gasteiger partial charge in [0.1, 0.15) is 5.41 Å². The van der Waals surface area contributed by atoms with Crippen molar-refractivity contribution >= 4 is 11.8 Å². The maximum Gasteiger partial charge on any atom is 0.240 e. The monoisotopic (exact) mass is 223 g/mol. The van der Waals surface area contributed by atoms with E-state index >= 15 is 0 Å². The van der Waals surface area contributed by atoms with Crippen LogP contribution in [0.2, 0.25) is 0 Å². The highest BCUT2D eigenvalue weighted by Gasteiger charge is 2.41. The molecule has 1 fully saturated rings. The van der Waals surface area contributed by atoms with E-state index in [1.807, 2.05) is 0 Å². The molecule has 0 unspecified atom stereocenters. The smallest absolute Gasteiger partial charge is 0.240 e. The zero-order valence-electron chi connectivity index (χ0n) is 9.29. The highest BCUT2D eigenvalue weighted by Crippen LogP contribution is 2.37. The van der Waals surface area contributed by atoms with E-state index in [0.29, 0.717) is 25.8 Å². The van der Waals surface area contributed by atoms with Gasteiger partial charge in [0.05, 0.1) is 6.07 Å². The van der Waals surface area contributed by atoms with Gasteiger partial charge in [0.15, 0.2) is 0 Å². The Balaban J connectivity index is 2.34. The van der Waals surface area contributed by atoms with Gasteiger partial charge in [-0.1, -0.05) is 12.8 Å². The molecule has 0 spiro atoms. The van der Waals surface area contributed by atoms with Gasteiger partial charge < -0.3 is 11.1 Å². The van der Waals surface area contributed by atoms with E-state index < -0.39 is 5.41 Å². The fraction of sp³-hybridized carbons (Fsp3) is 0.727. The second-order valence-electron chi connectivity index (χ2n) is 4.23. The number of hydrogen-bond donors (Lipinski definition) is 2. The van der Waals surface area contributed by atoms with Gasteiger partial charge in [-0.25, -0.2) is 0 Å². The number of hydrogen-bond acceptors (Lipinski definition) is 3. The highest BCUT2D eigenvalue weighted by molar-refractivity contribution is 5.85. The molecule has 5 heteroatoms. The van der Waals surface area contributed by atoms with Crippen LogP contribution in [0.4, 0.5) is 0 Å². The number of nitrogens with one attached hydrogen (secondary N) is 1. The average molecular weight is 223 g/mol. The van der Waals surface area contributed by atoms with Crippen molar-refractivity contribution in [3.63, 3.8) is 0 Å². The van der Waals surface area contributed by atoms with Gasteiger partial charge in [0.2, 0.25) is 11.8 Å². The predicted molar refractivity (Wildman–Crippen MR) is 58.0 cm³/mol. The SMILES string of the molecule is N#CC1(C(=O)NCCCC(N)=O)CCCC1. The van der Waals surface area contributed by atoms with Crippen molar-refractivity contribution in [1.29, 1.82) is 5.26 Å². The van der Waals surface area contributed by atoms with Crippen LogP contribution in [0.15, 0.2) is 0 Å². The molecule has 0 aliphatic heterocycles.